The van der Waals surface area contributed by atoms with Gasteiger partial charge in [0.05, 0.1) is 15.2 Å². The second-order valence-electron chi connectivity index (χ2n) is 4.08. The third-order valence-electron chi connectivity index (χ3n) is 2.66. The fourth-order valence-corrected chi connectivity index (χ4v) is 3.26. The Morgan fingerprint density at radius 1 is 1.61 bits per heavy atom. The van der Waals surface area contributed by atoms with E-state index in [4.69, 9.17) is 11.6 Å². The third-order valence-corrected chi connectivity index (χ3v) is 5.18. The van der Waals surface area contributed by atoms with Gasteiger partial charge in [-0.3, -0.25) is 4.79 Å². The highest BCUT2D eigenvalue weighted by molar-refractivity contribution is 9.10. The van der Waals surface area contributed by atoms with Crippen molar-refractivity contribution in [2.75, 3.05) is 23.4 Å². The number of rotatable bonds is 3. The largest absolute Gasteiger partial charge is 0.325 e. The molecule has 1 saturated heterocycles. The Morgan fingerprint density at radius 2 is 2.44 bits per heavy atom. The van der Waals surface area contributed by atoms with Gasteiger partial charge < -0.3 is 10.6 Å². The van der Waals surface area contributed by atoms with Crippen LogP contribution in [0.4, 0.5) is 5.69 Å². The number of thioether (sulfide) groups is 1. The number of amides is 1. The van der Waals surface area contributed by atoms with Crippen LogP contribution in [-0.2, 0) is 4.79 Å². The lowest BCUT2D eigenvalue weighted by molar-refractivity contribution is -0.116. The second kappa shape index (κ2) is 6.80. The summed E-state index contributed by atoms with van der Waals surface area (Å²) in [6.45, 7) is 0.976. The van der Waals surface area contributed by atoms with Gasteiger partial charge in [0.1, 0.15) is 0 Å². The first kappa shape index (κ1) is 14.2. The Labute approximate surface area is 124 Å². The summed E-state index contributed by atoms with van der Waals surface area (Å²) in [4.78, 5) is 11.9. The van der Waals surface area contributed by atoms with E-state index in [0.717, 1.165) is 28.2 Å². The molecule has 1 heterocycles. The lowest BCUT2D eigenvalue weighted by Gasteiger charge is -2.22. The summed E-state index contributed by atoms with van der Waals surface area (Å²) in [6, 6.07) is 5.69. The normalized spacial score (nSPS) is 19.6. The van der Waals surface area contributed by atoms with Crippen molar-refractivity contribution in [2.45, 2.75) is 12.5 Å². The maximum absolute atomic E-state index is 11.9. The molecule has 0 spiro atoms. The number of anilines is 1. The maximum atomic E-state index is 11.9. The van der Waals surface area contributed by atoms with Crippen LogP contribution in [0.15, 0.2) is 22.7 Å². The van der Waals surface area contributed by atoms with Crippen molar-refractivity contribution < 1.29 is 4.79 Å². The topological polar surface area (TPSA) is 41.1 Å². The summed E-state index contributed by atoms with van der Waals surface area (Å²) in [5, 5.41) is 6.82. The molecule has 0 aromatic heterocycles. The molecule has 0 radical (unpaired) electrons. The van der Waals surface area contributed by atoms with Gasteiger partial charge in [-0.15, -0.1) is 0 Å². The third kappa shape index (κ3) is 3.88. The molecule has 1 fully saturated rings. The predicted molar refractivity (Wildman–Crippen MR) is 81.5 cm³/mol. The van der Waals surface area contributed by atoms with Crippen LogP contribution in [-0.4, -0.2) is 30.0 Å². The molecule has 0 saturated carbocycles. The van der Waals surface area contributed by atoms with Crippen molar-refractivity contribution in [3.63, 3.8) is 0 Å². The van der Waals surface area contributed by atoms with Gasteiger partial charge in [0, 0.05) is 30.5 Å². The summed E-state index contributed by atoms with van der Waals surface area (Å²) < 4.78 is 0.728. The molecule has 3 nitrogen and oxygen atoms in total. The second-order valence-corrected chi connectivity index (χ2v) is 6.43. The molecule has 2 rings (SSSR count). The van der Waals surface area contributed by atoms with Gasteiger partial charge in [0.25, 0.3) is 0 Å². The quantitative estimate of drug-likeness (QED) is 0.881. The smallest absolute Gasteiger partial charge is 0.226 e. The molecular formula is C12H14BrClN2OS. The van der Waals surface area contributed by atoms with E-state index >= 15 is 0 Å². The molecule has 1 amide bonds. The van der Waals surface area contributed by atoms with Gasteiger partial charge >= 0.3 is 0 Å². The average Bonchev–Trinajstić information content (AvgIpc) is 2.36. The van der Waals surface area contributed by atoms with Gasteiger partial charge in [0.15, 0.2) is 0 Å². The minimum absolute atomic E-state index is 0.0120. The molecule has 2 N–H and O–H groups in total. The summed E-state index contributed by atoms with van der Waals surface area (Å²) >= 11 is 11.2. The van der Waals surface area contributed by atoms with Crippen molar-refractivity contribution in [3.8, 4) is 0 Å². The number of halogens is 2. The Morgan fingerprint density at radius 3 is 3.17 bits per heavy atom. The van der Waals surface area contributed by atoms with E-state index in [1.165, 1.54) is 0 Å². The van der Waals surface area contributed by atoms with Crippen molar-refractivity contribution in [1.29, 1.82) is 0 Å². The van der Waals surface area contributed by atoms with Crippen LogP contribution in [0, 0.1) is 0 Å². The SMILES string of the molecule is O=C(CC1CSCCN1)Nc1cccc(Cl)c1Br. The Balaban J connectivity index is 1.92. The van der Waals surface area contributed by atoms with Crippen molar-refractivity contribution in [1.82, 2.24) is 5.32 Å². The maximum Gasteiger partial charge on any atom is 0.226 e. The Hall–Kier alpha value is -0.230. The van der Waals surface area contributed by atoms with E-state index < -0.39 is 0 Å². The zero-order chi connectivity index (χ0) is 13.0. The molecule has 1 aromatic rings. The zero-order valence-electron chi connectivity index (χ0n) is 9.71. The molecule has 1 atom stereocenters. The highest BCUT2D eigenvalue weighted by Crippen LogP contribution is 2.30. The molecular weight excluding hydrogens is 336 g/mol. The van der Waals surface area contributed by atoms with Crippen molar-refractivity contribution >= 4 is 50.9 Å². The van der Waals surface area contributed by atoms with Gasteiger partial charge in [-0.1, -0.05) is 17.7 Å². The van der Waals surface area contributed by atoms with Gasteiger partial charge in [0.2, 0.25) is 5.91 Å². The fourth-order valence-electron chi connectivity index (χ4n) is 1.78. The molecule has 98 valence electrons. The summed E-state index contributed by atoms with van der Waals surface area (Å²) in [5.74, 6) is 2.13. The van der Waals surface area contributed by atoms with Crippen molar-refractivity contribution in [3.05, 3.63) is 27.7 Å². The standard InChI is InChI=1S/C12H14BrClN2OS/c13-12-9(14)2-1-3-10(12)16-11(17)6-8-7-18-5-4-15-8/h1-3,8,15H,4-7H2,(H,16,17). The summed E-state index contributed by atoms with van der Waals surface area (Å²) in [5.41, 5.74) is 0.718. The highest BCUT2D eigenvalue weighted by atomic mass is 79.9. The van der Waals surface area contributed by atoms with Crippen molar-refractivity contribution in [2.24, 2.45) is 0 Å². The lowest BCUT2D eigenvalue weighted by atomic mass is 10.2. The minimum Gasteiger partial charge on any atom is -0.325 e. The minimum atomic E-state index is 0.0120. The van der Waals surface area contributed by atoms with E-state index in [9.17, 15) is 4.79 Å². The first-order chi connectivity index (χ1) is 8.66. The number of nitrogens with one attached hydrogen (secondary N) is 2. The fraction of sp³-hybridized carbons (Fsp3) is 0.417. The van der Waals surface area contributed by atoms with E-state index in [1.807, 2.05) is 23.9 Å². The molecule has 1 unspecified atom stereocenters. The van der Waals surface area contributed by atoms with E-state index in [2.05, 4.69) is 26.6 Å². The van der Waals surface area contributed by atoms with Crippen LogP contribution in [0.25, 0.3) is 0 Å². The van der Waals surface area contributed by atoms with Crippen LogP contribution in [0.1, 0.15) is 6.42 Å². The lowest BCUT2D eigenvalue weighted by Crippen LogP contribution is -2.39. The van der Waals surface area contributed by atoms with E-state index in [0.29, 0.717) is 11.4 Å². The van der Waals surface area contributed by atoms with Crippen LogP contribution in [0.5, 0.6) is 0 Å². The number of carbonyl (C=O) groups is 1. The predicted octanol–water partition coefficient (Wildman–Crippen LogP) is 3.14. The highest BCUT2D eigenvalue weighted by Gasteiger charge is 2.17. The molecule has 1 aliphatic heterocycles. The van der Waals surface area contributed by atoms with Gasteiger partial charge in [-0.05, 0) is 28.1 Å². The van der Waals surface area contributed by atoms with Crippen LogP contribution >= 0.6 is 39.3 Å². The van der Waals surface area contributed by atoms with Crippen LogP contribution in [0.3, 0.4) is 0 Å². The van der Waals surface area contributed by atoms with Crippen LogP contribution in [0.2, 0.25) is 5.02 Å². The molecule has 0 bridgehead atoms. The first-order valence-corrected chi connectivity index (χ1v) is 8.04. The molecule has 18 heavy (non-hydrogen) atoms. The van der Waals surface area contributed by atoms with Crippen LogP contribution < -0.4 is 10.6 Å². The monoisotopic (exact) mass is 348 g/mol. The number of hydrogen-bond donors (Lipinski definition) is 2. The molecule has 1 aromatic carbocycles. The Kier molecular flexibility index (Phi) is 5.36. The molecule has 6 heteroatoms. The number of benzene rings is 1. The molecule has 0 aliphatic carbocycles. The van der Waals surface area contributed by atoms with Gasteiger partial charge in [-0.2, -0.15) is 11.8 Å². The van der Waals surface area contributed by atoms with E-state index in [-0.39, 0.29) is 11.9 Å². The zero-order valence-corrected chi connectivity index (χ0v) is 12.9. The van der Waals surface area contributed by atoms with Gasteiger partial charge in [-0.25, -0.2) is 0 Å². The summed E-state index contributed by atoms with van der Waals surface area (Å²) in [6.07, 6.45) is 0.492. The first-order valence-electron chi connectivity index (χ1n) is 5.72. The Bertz CT molecular complexity index is 438. The number of hydrogen-bond acceptors (Lipinski definition) is 3. The van der Waals surface area contributed by atoms with E-state index in [1.54, 1.807) is 6.07 Å². The average molecular weight is 350 g/mol. The molecule has 1 aliphatic rings. The number of carbonyl (C=O) groups excluding carboxylic acids is 1. The summed E-state index contributed by atoms with van der Waals surface area (Å²) in [7, 11) is 0.